The molecule has 0 unspecified atom stereocenters. The first-order valence-corrected chi connectivity index (χ1v) is 8.18. The average Bonchev–Trinajstić information content (AvgIpc) is 3.10. The molecule has 1 aromatic carbocycles. The van der Waals surface area contributed by atoms with Crippen LogP contribution < -0.4 is 14.8 Å². The Bertz CT molecular complexity index is 706. The van der Waals surface area contributed by atoms with Gasteiger partial charge in [-0.1, -0.05) is 12.1 Å². The molecule has 0 radical (unpaired) electrons. The van der Waals surface area contributed by atoms with Gasteiger partial charge in [-0.25, -0.2) is 0 Å². The van der Waals surface area contributed by atoms with Gasteiger partial charge in [-0.3, -0.25) is 4.79 Å². The predicted octanol–water partition coefficient (Wildman–Crippen LogP) is 3.12. The molecule has 24 heavy (non-hydrogen) atoms. The van der Waals surface area contributed by atoms with Gasteiger partial charge in [-0.2, -0.15) is 0 Å². The molecule has 0 spiro atoms. The Balaban J connectivity index is 1.53. The van der Waals surface area contributed by atoms with Crippen molar-refractivity contribution in [1.29, 1.82) is 0 Å². The maximum absolute atomic E-state index is 12.1. The van der Waals surface area contributed by atoms with Crippen LogP contribution in [-0.4, -0.2) is 24.2 Å². The molecule has 5 heteroatoms. The maximum Gasteiger partial charge on any atom is 0.258 e. The van der Waals surface area contributed by atoms with Crippen molar-refractivity contribution in [3.63, 3.8) is 0 Å². The molecule has 0 bridgehead atoms. The molecule has 0 aliphatic carbocycles. The summed E-state index contributed by atoms with van der Waals surface area (Å²) in [6.07, 6.45) is 3.12. The molecule has 1 N–H and O–H groups in total. The molecule has 3 rings (SSSR count). The Labute approximate surface area is 141 Å². The van der Waals surface area contributed by atoms with Crippen LogP contribution in [0.1, 0.15) is 32.1 Å². The summed E-state index contributed by atoms with van der Waals surface area (Å²) in [6, 6.07) is 9.50. The lowest BCUT2D eigenvalue weighted by molar-refractivity contribution is -0.123. The summed E-state index contributed by atoms with van der Waals surface area (Å²) < 4.78 is 16.9. The number of amides is 1. The van der Waals surface area contributed by atoms with E-state index in [4.69, 9.17) is 13.9 Å². The smallest absolute Gasteiger partial charge is 0.258 e. The third-order valence-corrected chi connectivity index (χ3v) is 3.91. The van der Waals surface area contributed by atoms with E-state index in [1.165, 1.54) is 0 Å². The molecule has 2 heterocycles. The van der Waals surface area contributed by atoms with Gasteiger partial charge in [0.05, 0.1) is 6.26 Å². The average molecular weight is 329 g/mol. The molecule has 128 valence electrons. The Hall–Kier alpha value is -2.43. The highest BCUT2D eigenvalue weighted by molar-refractivity contribution is 5.78. The molecule has 1 aliphatic heterocycles. The van der Waals surface area contributed by atoms with Crippen molar-refractivity contribution in [2.45, 2.75) is 45.3 Å². The zero-order valence-electron chi connectivity index (χ0n) is 14.3. The Morgan fingerprint density at radius 2 is 2.17 bits per heavy atom. The second kappa shape index (κ2) is 6.59. The van der Waals surface area contributed by atoms with E-state index < -0.39 is 0 Å². The highest BCUT2D eigenvalue weighted by Gasteiger charge is 2.32. The van der Waals surface area contributed by atoms with Gasteiger partial charge in [0, 0.05) is 24.4 Å². The van der Waals surface area contributed by atoms with Gasteiger partial charge in [-0.15, -0.1) is 0 Å². The van der Waals surface area contributed by atoms with Crippen molar-refractivity contribution in [2.24, 2.45) is 0 Å². The van der Waals surface area contributed by atoms with Crippen LogP contribution in [0.5, 0.6) is 11.5 Å². The third-order valence-electron chi connectivity index (χ3n) is 3.91. The van der Waals surface area contributed by atoms with Crippen molar-refractivity contribution in [3.05, 3.63) is 47.9 Å². The molecule has 1 aromatic heterocycles. The molecule has 1 atom stereocenters. The van der Waals surface area contributed by atoms with Gasteiger partial charge in [0.1, 0.15) is 11.4 Å². The number of rotatable bonds is 6. The lowest BCUT2D eigenvalue weighted by atomic mass is 10.0. The van der Waals surface area contributed by atoms with E-state index in [-0.39, 0.29) is 24.2 Å². The number of carbonyl (C=O) groups is 1. The first-order valence-electron chi connectivity index (χ1n) is 8.18. The van der Waals surface area contributed by atoms with E-state index in [1.807, 2.05) is 51.1 Å². The van der Waals surface area contributed by atoms with Crippen LogP contribution >= 0.6 is 0 Å². The Morgan fingerprint density at radius 1 is 1.33 bits per heavy atom. The minimum atomic E-state index is -0.235. The Morgan fingerprint density at radius 3 is 2.92 bits per heavy atom. The normalized spacial score (nSPS) is 16.1. The lowest BCUT2D eigenvalue weighted by Gasteiger charge is -2.18. The number of nitrogens with one attached hydrogen (secondary N) is 1. The summed E-state index contributed by atoms with van der Waals surface area (Å²) >= 11 is 0. The van der Waals surface area contributed by atoms with Gasteiger partial charge >= 0.3 is 0 Å². The number of furan rings is 1. The van der Waals surface area contributed by atoms with Crippen LogP contribution in [-0.2, 0) is 17.6 Å². The van der Waals surface area contributed by atoms with Crippen LogP contribution in [0.25, 0.3) is 0 Å². The summed E-state index contributed by atoms with van der Waals surface area (Å²) in [5.41, 5.74) is 0.880. The van der Waals surface area contributed by atoms with Gasteiger partial charge in [0.15, 0.2) is 18.1 Å². The van der Waals surface area contributed by atoms with Gasteiger partial charge in [0.25, 0.3) is 5.91 Å². The molecule has 5 nitrogen and oxygen atoms in total. The molecule has 2 aromatic rings. The number of carbonyl (C=O) groups excluding carboxylic acids is 1. The monoisotopic (exact) mass is 329 g/mol. The predicted molar refractivity (Wildman–Crippen MR) is 90.4 cm³/mol. The fourth-order valence-corrected chi connectivity index (χ4v) is 2.94. The highest BCUT2D eigenvalue weighted by Crippen LogP contribution is 2.41. The summed E-state index contributed by atoms with van der Waals surface area (Å²) in [7, 11) is 0. The van der Waals surface area contributed by atoms with Crippen LogP contribution in [0, 0.1) is 0 Å². The number of fused-ring (bicyclic) bond motifs is 1. The van der Waals surface area contributed by atoms with E-state index in [0.717, 1.165) is 23.5 Å². The lowest BCUT2D eigenvalue weighted by Crippen LogP contribution is -2.37. The minimum absolute atomic E-state index is 0.0241. The van der Waals surface area contributed by atoms with E-state index in [9.17, 15) is 4.79 Å². The maximum atomic E-state index is 12.1. The number of ether oxygens (including phenoxy) is 2. The molecular formula is C19H23NO4. The van der Waals surface area contributed by atoms with Gasteiger partial charge in [0.2, 0.25) is 0 Å². The SMILES string of the molecule is C[C@@H](Cc1ccco1)NC(=O)COc1cccc2c1OC(C)(C)C2. The number of benzene rings is 1. The van der Waals surface area contributed by atoms with Crippen molar-refractivity contribution in [2.75, 3.05) is 6.61 Å². The topological polar surface area (TPSA) is 60.7 Å². The molecular weight excluding hydrogens is 306 g/mol. The summed E-state index contributed by atoms with van der Waals surface area (Å²) in [5, 5.41) is 2.91. The van der Waals surface area contributed by atoms with Crippen molar-refractivity contribution >= 4 is 5.91 Å². The number of hydrogen-bond donors (Lipinski definition) is 1. The molecule has 1 aliphatic rings. The first kappa shape index (κ1) is 16.4. The standard InChI is InChI=1S/C19H23NO4/c1-13(10-15-7-5-9-22-15)20-17(21)12-23-16-8-4-6-14-11-19(2,3)24-18(14)16/h4-9,13H,10-12H2,1-3H3,(H,20,21)/t13-/m0/s1. The van der Waals surface area contributed by atoms with E-state index in [2.05, 4.69) is 5.32 Å². The van der Waals surface area contributed by atoms with E-state index >= 15 is 0 Å². The fourth-order valence-electron chi connectivity index (χ4n) is 2.94. The van der Waals surface area contributed by atoms with Crippen LogP contribution in [0.15, 0.2) is 41.0 Å². The highest BCUT2D eigenvalue weighted by atomic mass is 16.5. The van der Waals surface area contributed by atoms with Crippen LogP contribution in [0.3, 0.4) is 0 Å². The minimum Gasteiger partial charge on any atom is -0.483 e. The van der Waals surface area contributed by atoms with Crippen molar-refractivity contribution < 1.29 is 18.7 Å². The first-order chi connectivity index (χ1) is 11.4. The summed E-state index contributed by atoms with van der Waals surface area (Å²) in [4.78, 5) is 12.1. The zero-order chi connectivity index (χ0) is 17.2. The number of para-hydroxylation sites is 1. The van der Waals surface area contributed by atoms with Crippen molar-refractivity contribution in [3.8, 4) is 11.5 Å². The fraction of sp³-hybridized carbons (Fsp3) is 0.421. The summed E-state index contributed by atoms with van der Waals surface area (Å²) in [6.45, 7) is 5.98. The summed E-state index contributed by atoms with van der Waals surface area (Å²) in [5.74, 6) is 2.05. The molecule has 1 amide bonds. The number of hydrogen-bond acceptors (Lipinski definition) is 4. The quantitative estimate of drug-likeness (QED) is 0.884. The molecule has 0 saturated heterocycles. The van der Waals surface area contributed by atoms with Crippen molar-refractivity contribution in [1.82, 2.24) is 5.32 Å². The largest absolute Gasteiger partial charge is 0.483 e. The zero-order valence-corrected chi connectivity index (χ0v) is 14.3. The van der Waals surface area contributed by atoms with Gasteiger partial charge in [-0.05, 0) is 39.0 Å². The van der Waals surface area contributed by atoms with Crippen LogP contribution in [0.2, 0.25) is 0 Å². The second-order valence-electron chi connectivity index (χ2n) is 6.82. The Kier molecular flexibility index (Phi) is 4.51. The van der Waals surface area contributed by atoms with E-state index in [0.29, 0.717) is 12.2 Å². The molecule has 0 saturated carbocycles. The van der Waals surface area contributed by atoms with Crippen LogP contribution in [0.4, 0.5) is 0 Å². The molecule has 0 fully saturated rings. The third kappa shape index (κ3) is 3.91. The van der Waals surface area contributed by atoms with Gasteiger partial charge < -0.3 is 19.2 Å². The van der Waals surface area contributed by atoms with E-state index in [1.54, 1.807) is 6.26 Å². The second-order valence-corrected chi connectivity index (χ2v) is 6.82.